The summed E-state index contributed by atoms with van der Waals surface area (Å²) in [4.78, 5) is 18.7. The van der Waals surface area contributed by atoms with Gasteiger partial charge in [-0.05, 0) is 0 Å². The zero-order chi connectivity index (χ0) is 12.1. The SMILES string of the molecule is CCC(=O)O.CCC(=O)O.OB(O)O. The van der Waals surface area contributed by atoms with E-state index >= 15 is 0 Å². The molecule has 0 aromatic heterocycles. The third-order valence-corrected chi connectivity index (χ3v) is 0.605. The van der Waals surface area contributed by atoms with Gasteiger partial charge in [0.25, 0.3) is 0 Å². The maximum Gasteiger partial charge on any atom is 0.631 e. The molecule has 7 nitrogen and oxygen atoms in total. The number of hydrogen-bond acceptors (Lipinski definition) is 5. The van der Waals surface area contributed by atoms with Crippen molar-refractivity contribution >= 4 is 19.3 Å². The molecular weight excluding hydrogens is 195 g/mol. The third kappa shape index (κ3) is 128. The van der Waals surface area contributed by atoms with E-state index in [4.69, 9.17) is 25.3 Å². The average Bonchev–Trinajstić information content (AvgIpc) is 2.04. The zero-order valence-electron chi connectivity index (χ0n) is 8.04. The first kappa shape index (κ1) is 18.6. The van der Waals surface area contributed by atoms with E-state index < -0.39 is 19.3 Å². The lowest BCUT2D eigenvalue weighted by Gasteiger charge is -1.71. The van der Waals surface area contributed by atoms with Crippen LogP contribution >= 0.6 is 0 Å². The van der Waals surface area contributed by atoms with Crippen LogP contribution in [-0.2, 0) is 9.59 Å². The maximum atomic E-state index is 9.37. The molecule has 0 spiro atoms. The van der Waals surface area contributed by atoms with Gasteiger partial charge in [-0.25, -0.2) is 0 Å². The smallest absolute Gasteiger partial charge is 0.481 e. The van der Waals surface area contributed by atoms with Gasteiger partial charge >= 0.3 is 19.3 Å². The van der Waals surface area contributed by atoms with Crippen LogP contribution in [0.25, 0.3) is 0 Å². The molecule has 0 amide bonds. The second-order valence-corrected chi connectivity index (χ2v) is 1.84. The Morgan fingerprint density at radius 3 is 1.00 bits per heavy atom. The van der Waals surface area contributed by atoms with E-state index in [0.717, 1.165) is 0 Å². The minimum atomic E-state index is -2.17. The van der Waals surface area contributed by atoms with Gasteiger partial charge in [0.1, 0.15) is 0 Å². The molecule has 0 fully saturated rings. The molecule has 8 heteroatoms. The number of rotatable bonds is 2. The van der Waals surface area contributed by atoms with E-state index in [1.165, 1.54) is 0 Å². The van der Waals surface area contributed by atoms with E-state index in [1.54, 1.807) is 13.8 Å². The quantitative estimate of drug-likeness (QED) is 0.365. The Bertz CT molecular complexity index is 130. The summed E-state index contributed by atoms with van der Waals surface area (Å²) in [5, 5.41) is 36.9. The lowest BCUT2D eigenvalue weighted by Crippen LogP contribution is -2.07. The molecule has 0 rings (SSSR count). The van der Waals surface area contributed by atoms with Crippen LogP contribution in [0, 0.1) is 0 Å². The van der Waals surface area contributed by atoms with Gasteiger partial charge in [0.15, 0.2) is 0 Å². The molecule has 0 bridgehead atoms. The summed E-state index contributed by atoms with van der Waals surface area (Å²) in [5.74, 6) is -1.49. The monoisotopic (exact) mass is 210 g/mol. The second kappa shape index (κ2) is 14.4. The average molecular weight is 210 g/mol. The molecule has 0 aliphatic rings. The highest BCUT2D eigenvalue weighted by Gasteiger charge is 1.92. The number of carboxylic acids is 2. The molecule has 0 radical (unpaired) electrons. The van der Waals surface area contributed by atoms with Crippen molar-refractivity contribution in [2.75, 3.05) is 0 Å². The second-order valence-electron chi connectivity index (χ2n) is 1.84. The molecular formula is C6H15BO7. The van der Waals surface area contributed by atoms with E-state index in [-0.39, 0.29) is 12.8 Å². The van der Waals surface area contributed by atoms with Crippen LogP contribution in [0.15, 0.2) is 0 Å². The summed E-state index contributed by atoms with van der Waals surface area (Å²) >= 11 is 0. The predicted octanol–water partition coefficient (Wildman–Crippen LogP) is -1.09. The fourth-order valence-electron chi connectivity index (χ4n) is 0. The normalized spacial score (nSPS) is 7.21. The van der Waals surface area contributed by atoms with Crippen molar-refractivity contribution in [2.45, 2.75) is 26.7 Å². The van der Waals surface area contributed by atoms with Crippen molar-refractivity contribution in [3.63, 3.8) is 0 Å². The van der Waals surface area contributed by atoms with Crippen molar-refractivity contribution < 1.29 is 34.9 Å². The van der Waals surface area contributed by atoms with Crippen molar-refractivity contribution in [1.82, 2.24) is 0 Å². The summed E-state index contributed by atoms with van der Waals surface area (Å²) in [7, 11) is -2.17. The first-order chi connectivity index (χ1) is 6.27. The van der Waals surface area contributed by atoms with Crippen LogP contribution in [-0.4, -0.2) is 44.5 Å². The van der Waals surface area contributed by atoms with E-state index in [2.05, 4.69) is 0 Å². The molecule has 5 N–H and O–H groups in total. The third-order valence-electron chi connectivity index (χ3n) is 0.605. The van der Waals surface area contributed by atoms with Crippen LogP contribution in [0.5, 0.6) is 0 Å². The van der Waals surface area contributed by atoms with Gasteiger partial charge in [0, 0.05) is 12.8 Å². The largest absolute Gasteiger partial charge is 0.631 e. The number of hydrogen-bond donors (Lipinski definition) is 5. The predicted molar refractivity (Wildman–Crippen MR) is 48.3 cm³/mol. The van der Waals surface area contributed by atoms with Crippen molar-refractivity contribution in [3.05, 3.63) is 0 Å². The highest BCUT2D eigenvalue weighted by atomic mass is 16.5. The van der Waals surface area contributed by atoms with Crippen LogP contribution in [0.4, 0.5) is 0 Å². The molecule has 84 valence electrons. The summed E-state index contributed by atoms with van der Waals surface area (Å²) in [6, 6.07) is 0. The lowest BCUT2D eigenvalue weighted by atomic mass is 10.3. The number of carboxylic acid groups (broad SMARTS) is 2. The first-order valence-corrected chi connectivity index (χ1v) is 3.75. The molecule has 0 aliphatic heterocycles. The molecule has 0 unspecified atom stereocenters. The van der Waals surface area contributed by atoms with Gasteiger partial charge in [0.05, 0.1) is 0 Å². The Hall–Kier alpha value is -1.12. The van der Waals surface area contributed by atoms with Gasteiger partial charge in [-0.2, -0.15) is 0 Å². The Morgan fingerprint density at radius 2 is 1.00 bits per heavy atom. The highest BCUT2D eigenvalue weighted by molar-refractivity contribution is 6.30. The van der Waals surface area contributed by atoms with Gasteiger partial charge < -0.3 is 25.3 Å². The summed E-state index contributed by atoms with van der Waals surface area (Å²) in [6.45, 7) is 3.20. The van der Waals surface area contributed by atoms with Crippen molar-refractivity contribution in [1.29, 1.82) is 0 Å². The van der Waals surface area contributed by atoms with E-state index in [0.29, 0.717) is 0 Å². The number of aliphatic carboxylic acids is 2. The zero-order valence-corrected chi connectivity index (χ0v) is 8.04. The molecule has 0 aromatic rings. The van der Waals surface area contributed by atoms with E-state index in [1.807, 2.05) is 0 Å². The number of carbonyl (C=O) groups is 2. The standard InChI is InChI=1S/2C3H6O2.BH3O3/c2*1-2-3(4)5;2-1(3)4/h2*2H2,1H3,(H,4,5);2-4H. The lowest BCUT2D eigenvalue weighted by molar-refractivity contribution is -0.137. The molecule has 0 aromatic carbocycles. The molecule has 0 saturated carbocycles. The fraction of sp³-hybridized carbons (Fsp3) is 0.667. The minimum Gasteiger partial charge on any atom is -0.481 e. The van der Waals surface area contributed by atoms with Gasteiger partial charge in [-0.1, -0.05) is 13.8 Å². The maximum absolute atomic E-state index is 9.37. The Balaban J connectivity index is -0.000000131. The topological polar surface area (TPSA) is 135 Å². The molecule has 14 heavy (non-hydrogen) atoms. The Labute approximate surface area is 81.8 Å². The van der Waals surface area contributed by atoms with Crippen LogP contribution in [0.3, 0.4) is 0 Å². The Morgan fingerprint density at radius 1 is 0.929 bits per heavy atom. The first-order valence-electron chi connectivity index (χ1n) is 3.75. The molecule has 0 aliphatic carbocycles. The van der Waals surface area contributed by atoms with Gasteiger partial charge in [-0.3, -0.25) is 9.59 Å². The van der Waals surface area contributed by atoms with Crippen molar-refractivity contribution in [3.8, 4) is 0 Å². The van der Waals surface area contributed by atoms with Crippen molar-refractivity contribution in [2.24, 2.45) is 0 Å². The summed E-state index contributed by atoms with van der Waals surface area (Å²) in [5.41, 5.74) is 0. The summed E-state index contributed by atoms with van der Waals surface area (Å²) < 4.78 is 0. The van der Waals surface area contributed by atoms with Gasteiger partial charge in [0.2, 0.25) is 0 Å². The summed E-state index contributed by atoms with van der Waals surface area (Å²) in [6.07, 6.45) is 0.444. The molecule has 0 saturated heterocycles. The van der Waals surface area contributed by atoms with Gasteiger partial charge in [-0.15, -0.1) is 0 Å². The van der Waals surface area contributed by atoms with Crippen LogP contribution in [0.2, 0.25) is 0 Å². The molecule has 0 atom stereocenters. The van der Waals surface area contributed by atoms with E-state index in [9.17, 15) is 9.59 Å². The molecule has 0 heterocycles. The fourth-order valence-corrected chi connectivity index (χ4v) is 0. The van der Waals surface area contributed by atoms with Crippen LogP contribution < -0.4 is 0 Å². The highest BCUT2D eigenvalue weighted by Crippen LogP contribution is 1.67. The minimum absolute atomic E-state index is 0.222. The Kier molecular flexibility index (Phi) is 19.2. The van der Waals surface area contributed by atoms with Crippen LogP contribution in [0.1, 0.15) is 26.7 Å².